The summed E-state index contributed by atoms with van der Waals surface area (Å²) in [5.41, 5.74) is 1.76. The van der Waals surface area contributed by atoms with Crippen LogP contribution >= 0.6 is 7.82 Å². The van der Waals surface area contributed by atoms with Crippen molar-refractivity contribution in [3.8, 4) is 11.3 Å². The minimum Gasteiger partial charge on any atom is -0.332 e. The van der Waals surface area contributed by atoms with Crippen LogP contribution in [0.4, 0.5) is 4.39 Å². The second kappa shape index (κ2) is 11.1. The number of amides is 2. The number of phosphoric acid groups is 1. The molecule has 0 atom stereocenters. The van der Waals surface area contributed by atoms with Crippen LogP contribution in [0.25, 0.3) is 16.9 Å². The third-order valence-corrected chi connectivity index (χ3v) is 7.80. The van der Waals surface area contributed by atoms with Crippen molar-refractivity contribution >= 4 is 25.3 Å². The number of fused-ring (bicyclic) bond motifs is 1. The third-order valence-electron chi connectivity index (χ3n) is 7.34. The second-order valence-corrected chi connectivity index (χ2v) is 13.6. The van der Waals surface area contributed by atoms with Crippen LogP contribution in [0.2, 0.25) is 0 Å². The summed E-state index contributed by atoms with van der Waals surface area (Å²) in [6.45, 7) is 11.2. The molecule has 0 spiro atoms. The van der Waals surface area contributed by atoms with Gasteiger partial charge < -0.3 is 19.6 Å². The fourth-order valence-electron chi connectivity index (χ4n) is 5.21. The molecule has 0 bridgehead atoms. The van der Waals surface area contributed by atoms with Gasteiger partial charge in [0.2, 0.25) is 5.82 Å². The lowest BCUT2D eigenvalue weighted by Gasteiger charge is -2.46. The zero-order valence-corrected chi connectivity index (χ0v) is 26.1. The minimum absolute atomic E-state index is 0.135. The van der Waals surface area contributed by atoms with Gasteiger partial charge in [0, 0.05) is 30.8 Å². The minimum atomic E-state index is -4.80. The number of rotatable bonds is 6. The highest BCUT2D eigenvalue weighted by molar-refractivity contribution is 7.46. The summed E-state index contributed by atoms with van der Waals surface area (Å²) in [6, 6.07) is 7.94. The number of piperazine rings is 1. The Morgan fingerprint density at radius 2 is 1.75 bits per heavy atom. The Balaban J connectivity index is 1.40. The van der Waals surface area contributed by atoms with Gasteiger partial charge in [-0.25, -0.2) is 28.1 Å². The first-order chi connectivity index (χ1) is 20.4. The highest BCUT2D eigenvalue weighted by Gasteiger charge is 2.41. The molecule has 0 unspecified atom stereocenters. The van der Waals surface area contributed by atoms with Gasteiger partial charge in [-0.3, -0.25) is 14.1 Å². The molecule has 234 valence electrons. The van der Waals surface area contributed by atoms with Gasteiger partial charge >= 0.3 is 7.82 Å². The molecule has 44 heavy (non-hydrogen) atoms. The van der Waals surface area contributed by atoms with E-state index in [4.69, 9.17) is 14.8 Å². The highest BCUT2D eigenvalue weighted by Crippen LogP contribution is 2.36. The molecule has 2 amide bonds. The van der Waals surface area contributed by atoms with Crippen LogP contribution in [0, 0.1) is 12.7 Å². The third kappa shape index (κ3) is 6.41. The summed E-state index contributed by atoms with van der Waals surface area (Å²) in [5.74, 6) is -1.10. The summed E-state index contributed by atoms with van der Waals surface area (Å²) in [7, 11) is -4.80. The monoisotopic (exact) mass is 628 g/mol. The zero-order chi connectivity index (χ0) is 32.2. The summed E-state index contributed by atoms with van der Waals surface area (Å²) >= 11 is 0. The van der Waals surface area contributed by atoms with E-state index < -0.39 is 26.0 Å². The van der Waals surface area contributed by atoms with Crippen molar-refractivity contribution < 1.29 is 32.9 Å². The number of nitrogens with zero attached hydrogens (tertiary/aromatic N) is 8. The maximum atomic E-state index is 13.9. The molecular weight excluding hydrogens is 594 g/mol. The van der Waals surface area contributed by atoms with Gasteiger partial charge in [-0.1, -0.05) is 20.8 Å². The van der Waals surface area contributed by atoms with Crippen molar-refractivity contribution in [2.24, 2.45) is 0 Å². The van der Waals surface area contributed by atoms with Crippen LogP contribution in [-0.4, -0.2) is 85.9 Å². The number of phosphoric ester groups is 1. The predicted molar refractivity (Wildman–Crippen MR) is 156 cm³/mol. The fraction of sp³-hybridized carbons (Fsp3) is 0.429. The number of halogens is 1. The smallest absolute Gasteiger partial charge is 0.332 e. The number of aromatic nitrogens is 6. The van der Waals surface area contributed by atoms with Gasteiger partial charge in [-0.05, 0) is 56.5 Å². The summed E-state index contributed by atoms with van der Waals surface area (Å²) < 4.78 is 31.8. The van der Waals surface area contributed by atoms with E-state index >= 15 is 0 Å². The average Bonchev–Trinajstić information content (AvgIpc) is 3.52. The van der Waals surface area contributed by atoms with E-state index in [-0.39, 0.29) is 54.1 Å². The van der Waals surface area contributed by atoms with Crippen molar-refractivity contribution in [3.05, 3.63) is 65.3 Å². The molecule has 1 aliphatic rings. The SMILES string of the molecule is Cc1nc(C(=O)N2CCN(C(=O)c3cn4nc(-c5ccc(F)cc5)cc(C(C)(C)C)c4n3)C(C)(C)C2)n(COP(=O)(O)O)n1. The Hall–Kier alpha value is -4.04. The molecule has 4 aromatic rings. The average molecular weight is 629 g/mol. The molecule has 3 aromatic heterocycles. The lowest BCUT2D eigenvalue weighted by Crippen LogP contribution is -2.62. The molecule has 1 aliphatic heterocycles. The van der Waals surface area contributed by atoms with E-state index in [1.807, 2.05) is 40.7 Å². The first kappa shape index (κ1) is 31.4. The number of carbonyl (C=O) groups is 2. The van der Waals surface area contributed by atoms with E-state index in [2.05, 4.69) is 19.7 Å². The molecule has 1 aromatic carbocycles. The van der Waals surface area contributed by atoms with Gasteiger partial charge in [0.15, 0.2) is 12.4 Å². The van der Waals surface area contributed by atoms with Crippen molar-refractivity contribution in [1.82, 2.24) is 39.2 Å². The van der Waals surface area contributed by atoms with Crippen LogP contribution in [0.3, 0.4) is 0 Å². The maximum Gasteiger partial charge on any atom is 0.471 e. The lowest BCUT2D eigenvalue weighted by molar-refractivity contribution is 0.0154. The predicted octanol–water partition coefficient (Wildman–Crippen LogP) is 3.18. The van der Waals surface area contributed by atoms with Gasteiger partial charge in [0.05, 0.1) is 17.4 Å². The van der Waals surface area contributed by atoms with Gasteiger partial charge in [0.1, 0.15) is 17.3 Å². The van der Waals surface area contributed by atoms with Crippen LogP contribution in [-0.2, 0) is 21.2 Å². The highest BCUT2D eigenvalue weighted by atomic mass is 31.2. The normalized spacial score (nSPS) is 15.7. The molecule has 16 heteroatoms. The van der Waals surface area contributed by atoms with E-state index in [0.29, 0.717) is 11.3 Å². The molecule has 14 nitrogen and oxygen atoms in total. The summed E-state index contributed by atoms with van der Waals surface area (Å²) in [6.07, 6.45) is 1.58. The van der Waals surface area contributed by atoms with Crippen LogP contribution in [0.1, 0.15) is 67.1 Å². The van der Waals surface area contributed by atoms with Gasteiger partial charge in [-0.2, -0.15) is 10.2 Å². The van der Waals surface area contributed by atoms with Crippen molar-refractivity contribution in [2.45, 2.75) is 59.2 Å². The number of carbonyl (C=O) groups excluding carboxylic acids is 2. The number of hydrogen-bond donors (Lipinski definition) is 2. The van der Waals surface area contributed by atoms with Gasteiger partial charge in [-0.15, -0.1) is 0 Å². The van der Waals surface area contributed by atoms with Crippen molar-refractivity contribution in [1.29, 1.82) is 0 Å². The number of imidazole rings is 1. The van der Waals surface area contributed by atoms with Crippen LogP contribution < -0.4 is 0 Å². The van der Waals surface area contributed by atoms with Crippen molar-refractivity contribution in [2.75, 3.05) is 19.6 Å². The molecule has 1 fully saturated rings. The Morgan fingerprint density at radius 3 is 2.36 bits per heavy atom. The number of hydrogen-bond acceptors (Lipinski definition) is 8. The maximum absolute atomic E-state index is 13.9. The largest absolute Gasteiger partial charge is 0.471 e. The molecule has 0 aliphatic carbocycles. The summed E-state index contributed by atoms with van der Waals surface area (Å²) in [4.78, 5) is 57.4. The van der Waals surface area contributed by atoms with Gasteiger partial charge in [0.25, 0.3) is 11.8 Å². The van der Waals surface area contributed by atoms with Crippen LogP contribution in [0.5, 0.6) is 0 Å². The molecule has 1 saturated heterocycles. The Morgan fingerprint density at radius 1 is 1.07 bits per heavy atom. The summed E-state index contributed by atoms with van der Waals surface area (Å²) in [5, 5.41) is 8.69. The molecule has 0 saturated carbocycles. The first-order valence-corrected chi connectivity index (χ1v) is 15.4. The molecule has 5 rings (SSSR count). The van der Waals surface area contributed by atoms with E-state index in [9.17, 15) is 18.5 Å². The quantitative estimate of drug-likeness (QED) is 0.303. The Bertz CT molecular complexity index is 1790. The molecular formula is C28H34FN8O6P. The van der Waals surface area contributed by atoms with E-state index in [1.54, 1.807) is 34.7 Å². The first-order valence-electron chi connectivity index (χ1n) is 13.8. The molecule has 4 heterocycles. The fourth-order valence-corrected chi connectivity index (χ4v) is 5.47. The topological polar surface area (TPSA) is 168 Å². The number of benzene rings is 1. The molecule has 0 radical (unpaired) electrons. The molecule has 2 N–H and O–H groups in total. The Labute approximate surface area is 252 Å². The standard InChI is InChI=1S/C28H34FN8O6P/c1-17-30-24(37(32-17)16-43-44(40,41)42)26(39)34-11-12-35(28(5,6)15-34)25(38)22-14-36-23(31-22)20(27(2,3)4)13-21(33-36)18-7-9-19(29)10-8-18/h7-10,13-14H,11-12,15-16H2,1-6H3,(H2,40,41,42). The lowest BCUT2D eigenvalue weighted by atomic mass is 9.87. The van der Waals surface area contributed by atoms with E-state index in [1.165, 1.54) is 17.0 Å². The zero-order valence-electron chi connectivity index (χ0n) is 25.2. The van der Waals surface area contributed by atoms with E-state index in [0.717, 1.165) is 15.8 Å². The second-order valence-electron chi connectivity index (χ2n) is 12.3. The van der Waals surface area contributed by atoms with Crippen molar-refractivity contribution in [3.63, 3.8) is 0 Å². The number of aryl methyl sites for hydroxylation is 1. The Kier molecular flexibility index (Phi) is 7.95. The van der Waals surface area contributed by atoms with Crippen LogP contribution in [0.15, 0.2) is 36.5 Å².